The Balaban J connectivity index is 1.58. The van der Waals surface area contributed by atoms with E-state index in [2.05, 4.69) is 10.3 Å². The number of amides is 1. The van der Waals surface area contributed by atoms with Crippen molar-refractivity contribution in [3.63, 3.8) is 0 Å². The Hall–Kier alpha value is -2.90. The first-order chi connectivity index (χ1) is 13.0. The number of carboxylic acid groups (broad SMARTS) is 1. The normalized spacial score (nSPS) is 24.1. The number of ether oxygens (including phenoxy) is 1. The molecule has 1 N–H and O–H groups in total. The van der Waals surface area contributed by atoms with E-state index < -0.39 is 11.4 Å². The average Bonchev–Trinajstić information content (AvgIpc) is 3.33. The van der Waals surface area contributed by atoms with Crippen molar-refractivity contribution in [3.8, 4) is 11.4 Å². The number of nitrogens with zero attached hydrogens (tertiary/aromatic N) is 4. The number of aliphatic carboxylic acids is 1. The summed E-state index contributed by atoms with van der Waals surface area (Å²) in [6.45, 7) is 2.52. The van der Waals surface area contributed by atoms with Crippen LogP contribution in [-0.2, 0) is 4.79 Å². The van der Waals surface area contributed by atoms with E-state index in [0.717, 1.165) is 24.3 Å². The van der Waals surface area contributed by atoms with E-state index in [0.29, 0.717) is 18.7 Å². The summed E-state index contributed by atoms with van der Waals surface area (Å²) in [6, 6.07) is 7.31. The molecule has 0 radical (unpaired) electrons. The number of carboxylic acids is 1. The Morgan fingerprint density at radius 3 is 2.67 bits per heavy atom. The highest BCUT2D eigenvalue weighted by molar-refractivity contribution is 5.94. The van der Waals surface area contributed by atoms with Crippen LogP contribution >= 0.6 is 0 Å². The molecule has 1 saturated heterocycles. The number of carbonyl (C=O) groups is 2. The fraction of sp³-hybridized carbons (Fsp3) is 0.474. The second-order valence-electron chi connectivity index (χ2n) is 7.37. The van der Waals surface area contributed by atoms with E-state index in [-0.39, 0.29) is 24.1 Å². The summed E-state index contributed by atoms with van der Waals surface area (Å²) >= 11 is 0. The lowest BCUT2D eigenvalue weighted by Crippen LogP contribution is -2.37. The monoisotopic (exact) mass is 370 g/mol. The quantitative estimate of drug-likeness (QED) is 0.883. The lowest BCUT2D eigenvalue weighted by molar-refractivity contribution is -0.149. The van der Waals surface area contributed by atoms with Crippen LogP contribution in [0.4, 0.5) is 0 Å². The molecule has 1 aromatic heterocycles. The first-order valence-electron chi connectivity index (χ1n) is 9.05. The molecule has 0 unspecified atom stereocenters. The van der Waals surface area contributed by atoms with Crippen molar-refractivity contribution in [3.05, 3.63) is 35.7 Å². The standard InChI is InChI=1S/C19H22N4O4/c1-12-16(20-21-23(12)14-5-7-15(27-2)8-6-14)17(24)22-10-13-4-3-9-19(13,11-22)18(25)26/h5-8,13H,3-4,9-11H2,1-2H3,(H,25,26)/t13-,19+/m0/s1. The van der Waals surface area contributed by atoms with E-state index in [9.17, 15) is 14.7 Å². The van der Waals surface area contributed by atoms with Crippen molar-refractivity contribution >= 4 is 11.9 Å². The Bertz CT molecular complexity index is 892. The smallest absolute Gasteiger partial charge is 0.311 e. The SMILES string of the molecule is COc1ccc(-n2nnc(C(=O)N3C[C@@H]4CCC[C@@]4(C(=O)O)C3)c2C)cc1. The predicted octanol–water partition coefficient (Wildman–Crippen LogP) is 1.91. The predicted molar refractivity (Wildman–Crippen MR) is 96.0 cm³/mol. The van der Waals surface area contributed by atoms with E-state index in [1.165, 1.54) is 0 Å². The highest BCUT2D eigenvalue weighted by Crippen LogP contribution is 2.49. The number of carbonyl (C=O) groups excluding carboxylic acids is 1. The Morgan fingerprint density at radius 1 is 1.30 bits per heavy atom. The largest absolute Gasteiger partial charge is 0.497 e. The molecule has 1 aromatic carbocycles. The second kappa shape index (κ2) is 6.37. The summed E-state index contributed by atoms with van der Waals surface area (Å²) < 4.78 is 6.76. The number of methoxy groups -OCH3 is 1. The Morgan fingerprint density at radius 2 is 2.04 bits per heavy atom. The minimum atomic E-state index is -0.796. The van der Waals surface area contributed by atoms with Gasteiger partial charge in [-0.2, -0.15) is 0 Å². The van der Waals surface area contributed by atoms with Crippen LogP contribution in [-0.4, -0.2) is 57.1 Å². The molecule has 0 bridgehead atoms. The van der Waals surface area contributed by atoms with Gasteiger partial charge in [0.15, 0.2) is 5.69 Å². The van der Waals surface area contributed by atoms with E-state index in [1.54, 1.807) is 23.6 Å². The van der Waals surface area contributed by atoms with Gasteiger partial charge in [-0.05, 0) is 49.9 Å². The van der Waals surface area contributed by atoms with Crippen LogP contribution in [0.3, 0.4) is 0 Å². The fourth-order valence-corrected chi connectivity index (χ4v) is 4.44. The highest BCUT2D eigenvalue weighted by Gasteiger charge is 2.56. The number of benzene rings is 1. The highest BCUT2D eigenvalue weighted by atomic mass is 16.5. The third kappa shape index (κ3) is 2.67. The molecule has 1 amide bonds. The minimum absolute atomic E-state index is 0.0240. The van der Waals surface area contributed by atoms with Crippen LogP contribution in [0.5, 0.6) is 5.75 Å². The van der Waals surface area contributed by atoms with Crippen LogP contribution in [0, 0.1) is 18.3 Å². The maximum atomic E-state index is 13.0. The molecule has 1 aliphatic heterocycles. The number of rotatable bonds is 4. The molecule has 2 heterocycles. The van der Waals surface area contributed by atoms with Crippen molar-refractivity contribution in [2.24, 2.45) is 11.3 Å². The lowest BCUT2D eigenvalue weighted by atomic mass is 9.81. The zero-order valence-corrected chi connectivity index (χ0v) is 15.4. The van der Waals surface area contributed by atoms with Gasteiger partial charge in [0, 0.05) is 13.1 Å². The van der Waals surface area contributed by atoms with Crippen molar-refractivity contribution in [1.82, 2.24) is 19.9 Å². The van der Waals surface area contributed by atoms with Gasteiger partial charge in [-0.3, -0.25) is 9.59 Å². The van der Waals surface area contributed by atoms with Gasteiger partial charge in [-0.15, -0.1) is 5.10 Å². The molecule has 4 rings (SSSR count). The van der Waals surface area contributed by atoms with Gasteiger partial charge in [0.05, 0.1) is 23.9 Å². The van der Waals surface area contributed by atoms with E-state index >= 15 is 0 Å². The molecule has 1 aliphatic carbocycles. The lowest BCUT2D eigenvalue weighted by Gasteiger charge is -2.23. The van der Waals surface area contributed by atoms with Gasteiger partial charge in [-0.1, -0.05) is 11.6 Å². The van der Waals surface area contributed by atoms with Crippen LogP contribution in [0.2, 0.25) is 0 Å². The summed E-state index contributed by atoms with van der Waals surface area (Å²) in [7, 11) is 1.60. The molecule has 2 aromatic rings. The number of hydrogen-bond acceptors (Lipinski definition) is 5. The van der Waals surface area contributed by atoms with Crippen molar-refractivity contribution < 1.29 is 19.4 Å². The summed E-state index contributed by atoms with van der Waals surface area (Å²) in [5, 5.41) is 17.9. The van der Waals surface area contributed by atoms with Gasteiger partial charge in [-0.25, -0.2) is 4.68 Å². The molecule has 2 atom stereocenters. The molecule has 142 valence electrons. The van der Waals surface area contributed by atoms with Crippen LogP contribution < -0.4 is 4.74 Å². The third-order valence-corrected chi connectivity index (χ3v) is 6.00. The van der Waals surface area contributed by atoms with Crippen LogP contribution in [0.25, 0.3) is 5.69 Å². The summed E-state index contributed by atoms with van der Waals surface area (Å²) in [4.78, 5) is 26.5. The molecule has 0 spiro atoms. The topological polar surface area (TPSA) is 97.5 Å². The Labute approximate surface area is 156 Å². The van der Waals surface area contributed by atoms with E-state index in [1.807, 2.05) is 24.3 Å². The van der Waals surface area contributed by atoms with Gasteiger partial charge in [0.2, 0.25) is 0 Å². The number of fused-ring (bicyclic) bond motifs is 1. The molecule has 2 fully saturated rings. The summed E-state index contributed by atoms with van der Waals surface area (Å²) in [5.74, 6) is -0.285. The summed E-state index contributed by atoms with van der Waals surface area (Å²) in [5.41, 5.74) is 0.883. The number of likely N-dealkylation sites (tertiary alicyclic amines) is 1. The number of hydrogen-bond donors (Lipinski definition) is 1. The van der Waals surface area contributed by atoms with Gasteiger partial charge in [0.1, 0.15) is 5.75 Å². The zero-order valence-electron chi connectivity index (χ0n) is 15.4. The number of aromatic nitrogens is 3. The van der Waals surface area contributed by atoms with Gasteiger partial charge in [0.25, 0.3) is 5.91 Å². The summed E-state index contributed by atoms with van der Waals surface area (Å²) in [6.07, 6.45) is 2.40. The van der Waals surface area contributed by atoms with Crippen molar-refractivity contribution in [1.29, 1.82) is 0 Å². The second-order valence-corrected chi connectivity index (χ2v) is 7.37. The molecule has 27 heavy (non-hydrogen) atoms. The van der Waals surface area contributed by atoms with E-state index in [4.69, 9.17) is 4.74 Å². The van der Waals surface area contributed by atoms with Crippen molar-refractivity contribution in [2.45, 2.75) is 26.2 Å². The molecular weight excluding hydrogens is 348 g/mol. The zero-order chi connectivity index (χ0) is 19.2. The first-order valence-corrected chi connectivity index (χ1v) is 9.05. The molecule has 2 aliphatic rings. The average molecular weight is 370 g/mol. The molecular formula is C19H22N4O4. The van der Waals surface area contributed by atoms with Crippen LogP contribution in [0.15, 0.2) is 24.3 Å². The molecule has 8 nitrogen and oxygen atoms in total. The fourth-order valence-electron chi connectivity index (χ4n) is 4.44. The first kappa shape index (κ1) is 17.5. The van der Waals surface area contributed by atoms with Gasteiger partial charge < -0.3 is 14.7 Å². The van der Waals surface area contributed by atoms with Crippen molar-refractivity contribution in [2.75, 3.05) is 20.2 Å². The Kier molecular flexibility index (Phi) is 4.13. The molecule has 1 saturated carbocycles. The van der Waals surface area contributed by atoms with Crippen LogP contribution in [0.1, 0.15) is 35.4 Å². The molecule has 8 heteroatoms. The van der Waals surface area contributed by atoms with Gasteiger partial charge >= 0.3 is 5.97 Å². The maximum Gasteiger partial charge on any atom is 0.311 e. The third-order valence-electron chi connectivity index (χ3n) is 6.00. The maximum absolute atomic E-state index is 13.0. The minimum Gasteiger partial charge on any atom is -0.497 e.